The first-order chi connectivity index (χ1) is 9.18. The van der Waals surface area contributed by atoms with Gasteiger partial charge in [0.2, 0.25) is 5.89 Å². The third-order valence-corrected chi connectivity index (χ3v) is 5.07. The Morgan fingerprint density at radius 3 is 2.79 bits per heavy atom. The molecular weight excluding hydrogens is 238 g/mol. The van der Waals surface area contributed by atoms with Crippen molar-refractivity contribution in [1.82, 2.24) is 10.1 Å². The normalized spacial score (nSPS) is 30.0. The van der Waals surface area contributed by atoms with Crippen LogP contribution >= 0.6 is 0 Å². The molecule has 2 saturated carbocycles. The van der Waals surface area contributed by atoms with Crippen molar-refractivity contribution in [2.24, 2.45) is 11.7 Å². The molecule has 2 aliphatic carbocycles. The van der Waals surface area contributed by atoms with Crippen LogP contribution in [0.4, 0.5) is 0 Å². The van der Waals surface area contributed by atoms with Gasteiger partial charge in [0, 0.05) is 17.9 Å². The standard InChI is InChI=1S/C15H25N3O/c1-2-11-5-6-12(9-11)14-17-13(19-18-14)10-15(16)7-3-4-8-15/h11-12H,2-10,16H2,1H3. The zero-order chi connectivity index (χ0) is 13.3. The second-order valence-corrected chi connectivity index (χ2v) is 6.58. The Morgan fingerprint density at radius 2 is 2.11 bits per heavy atom. The number of nitrogens with zero attached hydrogens (tertiary/aromatic N) is 2. The molecular formula is C15H25N3O. The molecule has 0 bridgehead atoms. The summed E-state index contributed by atoms with van der Waals surface area (Å²) in [5.74, 6) is 3.04. The first-order valence-electron chi connectivity index (χ1n) is 7.80. The minimum absolute atomic E-state index is 0.0918. The molecule has 2 unspecified atom stereocenters. The van der Waals surface area contributed by atoms with Gasteiger partial charge in [-0.2, -0.15) is 4.98 Å². The van der Waals surface area contributed by atoms with E-state index >= 15 is 0 Å². The summed E-state index contributed by atoms with van der Waals surface area (Å²) < 4.78 is 5.43. The van der Waals surface area contributed by atoms with Gasteiger partial charge >= 0.3 is 0 Å². The molecule has 4 heteroatoms. The Bertz CT molecular complexity index is 423. The van der Waals surface area contributed by atoms with Gasteiger partial charge in [-0.15, -0.1) is 0 Å². The van der Waals surface area contributed by atoms with Gasteiger partial charge in [-0.1, -0.05) is 31.3 Å². The lowest BCUT2D eigenvalue weighted by atomic mass is 9.95. The van der Waals surface area contributed by atoms with Crippen molar-refractivity contribution in [2.75, 3.05) is 0 Å². The highest BCUT2D eigenvalue weighted by Gasteiger charge is 2.33. The van der Waals surface area contributed by atoms with E-state index in [0.717, 1.165) is 36.9 Å². The third-order valence-electron chi connectivity index (χ3n) is 5.07. The Morgan fingerprint density at radius 1 is 1.32 bits per heavy atom. The van der Waals surface area contributed by atoms with Crippen molar-refractivity contribution < 1.29 is 4.52 Å². The average molecular weight is 263 g/mol. The van der Waals surface area contributed by atoms with E-state index in [9.17, 15) is 0 Å². The van der Waals surface area contributed by atoms with Crippen molar-refractivity contribution in [3.05, 3.63) is 11.7 Å². The maximum absolute atomic E-state index is 6.37. The number of hydrogen-bond donors (Lipinski definition) is 1. The van der Waals surface area contributed by atoms with Gasteiger partial charge in [0.15, 0.2) is 5.82 Å². The van der Waals surface area contributed by atoms with E-state index in [4.69, 9.17) is 10.3 Å². The molecule has 1 aromatic rings. The fourth-order valence-corrected chi connectivity index (χ4v) is 3.74. The monoisotopic (exact) mass is 263 g/mol. The second kappa shape index (κ2) is 5.23. The first-order valence-corrected chi connectivity index (χ1v) is 7.80. The molecule has 0 spiro atoms. The molecule has 1 heterocycles. The number of rotatable bonds is 4. The summed E-state index contributed by atoms with van der Waals surface area (Å²) in [6.45, 7) is 2.27. The maximum Gasteiger partial charge on any atom is 0.228 e. The smallest absolute Gasteiger partial charge is 0.228 e. The molecule has 0 aliphatic heterocycles. The van der Waals surface area contributed by atoms with Crippen LogP contribution in [0.1, 0.15) is 75.9 Å². The molecule has 106 valence electrons. The van der Waals surface area contributed by atoms with Gasteiger partial charge in [-0.25, -0.2) is 0 Å². The van der Waals surface area contributed by atoms with Crippen LogP contribution in [-0.4, -0.2) is 15.7 Å². The van der Waals surface area contributed by atoms with E-state index in [1.54, 1.807) is 0 Å². The van der Waals surface area contributed by atoms with E-state index in [0.29, 0.717) is 5.92 Å². The molecule has 2 aliphatic rings. The van der Waals surface area contributed by atoms with Crippen molar-refractivity contribution in [3.8, 4) is 0 Å². The third kappa shape index (κ3) is 2.83. The molecule has 3 rings (SSSR count). The fraction of sp³-hybridized carbons (Fsp3) is 0.867. The van der Waals surface area contributed by atoms with E-state index in [1.165, 1.54) is 38.5 Å². The summed E-state index contributed by atoms with van der Waals surface area (Å²) in [6.07, 6.45) is 10.4. The van der Waals surface area contributed by atoms with Crippen LogP contribution in [0.2, 0.25) is 0 Å². The lowest BCUT2D eigenvalue weighted by molar-refractivity contribution is 0.325. The van der Waals surface area contributed by atoms with Crippen LogP contribution in [0, 0.1) is 5.92 Å². The summed E-state index contributed by atoms with van der Waals surface area (Å²) in [5.41, 5.74) is 6.28. The molecule has 19 heavy (non-hydrogen) atoms. The molecule has 0 aromatic carbocycles. The van der Waals surface area contributed by atoms with Crippen molar-refractivity contribution in [2.45, 2.75) is 76.2 Å². The number of nitrogens with two attached hydrogens (primary N) is 1. The Kier molecular flexibility index (Phi) is 3.61. The second-order valence-electron chi connectivity index (χ2n) is 6.58. The molecule has 2 N–H and O–H groups in total. The van der Waals surface area contributed by atoms with Gasteiger partial charge < -0.3 is 10.3 Å². The van der Waals surface area contributed by atoms with Crippen LogP contribution in [0.15, 0.2) is 4.52 Å². The average Bonchev–Trinajstić information content (AvgIpc) is 3.09. The summed E-state index contributed by atoms with van der Waals surface area (Å²) in [4.78, 5) is 4.61. The largest absolute Gasteiger partial charge is 0.339 e. The summed E-state index contributed by atoms with van der Waals surface area (Å²) in [5, 5.41) is 4.20. The zero-order valence-electron chi connectivity index (χ0n) is 11.9. The molecule has 0 amide bonds. The summed E-state index contributed by atoms with van der Waals surface area (Å²) in [6, 6.07) is 0. The lowest BCUT2D eigenvalue weighted by Gasteiger charge is -2.20. The fourth-order valence-electron chi connectivity index (χ4n) is 3.74. The highest BCUT2D eigenvalue weighted by atomic mass is 16.5. The van der Waals surface area contributed by atoms with Crippen LogP contribution < -0.4 is 5.73 Å². The van der Waals surface area contributed by atoms with Crippen molar-refractivity contribution in [1.29, 1.82) is 0 Å². The van der Waals surface area contributed by atoms with Crippen LogP contribution in [0.25, 0.3) is 0 Å². The van der Waals surface area contributed by atoms with E-state index in [2.05, 4.69) is 17.1 Å². The van der Waals surface area contributed by atoms with E-state index < -0.39 is 0 Å². The predicted octanol–water partition coefficient (Wildman–Crippen LogP) is 3.18. The van der Waals surface area contributed by atoms with Crippen molar-refractivity contribution in [3.63, 3.8) is 0 Å². The predicted molar refractivity (Wildman–Crippen MR) is 73.8 cm³/mol. The Hall–Kier alpha value is -0.900. The van der Waals surface area contributed by atoms with Crippen molar-refractivity contribution >= 4 is 0 Å². The highest BCUT2D eigenvalue weighted by Crippen LogP contribution is 2.38. The van der Waals surface area contributed by atoms with E-state index in [-0.39, 0.29) is 5.54 Å². The Balaban J connectivity index is 1.63. The zero-order valence-corrected chi connectivity index (χ0v) is 11.9. The molecule has 1 aromatic heterocycles. The number of hydrogen-bond acceptors (Lipinski definition) is 4. The van der Waals surface area contributed by atoms with Crippen LogP contribution in [0.5, 0.6) is 0 Å². The molecule has 0 saturated heterocycles. The minimum Gasteiger partial charge on any atom is -0.339 e. The quantitative estimate of drug-likeness (QED) is 0.906. The van der Waals surface area contributed by atoms with Gasteiger partial charge in [0.05, 0.1) is 0 Å². The molecule has 2 atom stereocenters. The Labute approximate surface area is 115 Å². The molecule has 2 fully saturated rings. The lowest BCUT2D eigenvalue weighted by Crippen LogP contribution is -2.38. The first kappa shape index (κ1) is 13.1. The van der Waals surface area contributed by atoms with Gasteiger partial charge in [0.25, 0.3) is 0 Å². The summed E-state index contributed by atoms with van der Waals surface area (Å²) >= 11 is 0. The summed E-state index contributed by atoms with van der Waals surface area (Å²) in [7, 11) is 0. The van der Waals surface area contributed by atoms with Gasteiger partial charge in [0.1, 0.15) is 0 Å². The van der Waals surface area contributed by atoms with Crippen LogP contribution in [0.3, 0.4) is 0 Å². The molecule has 0 radical (unpaired) electrons. The van der Waals surface area contributed by atoms with Crippen LogP contribution in [-0.2, 0) is 6.42 Å². The van der Waals surface area contributed by atoms with Gasteiger partial charge in [-0.3, -0.25) is 0 Å². The minimum atomic E-state index is -0.0918. The SMILES string of the molecule is CCC1CCC(c2noc(CC3(N)CCCC3)n2)C1. The number of aromatic nitrogens is 2. The van der Waals surface area contributed by atoms with Gasteiger partial charge in [-0.05, 0) is 38.0 Å². The molecule has 4 nitrogen and oxygen atoms in total. The maximum atomic E-state index is 6.37. The highest BCUT2D eigenvalue weighted by molar-refractivity contribution is 5.03. The van der Waals surface area contributed by atoms with E-state index in [1.807, 2.05) is 0 Å². The topological polar surface area (TPSA) is 64.9 Å².